The van der Waals surface area contributed by atoms with Crippen LogP contribution in [0.15, 0.2) is 42.7 Å². The fourth-order valence-electron chi connectivity index (χ4n) is 3.48. The number of likely N-dealkylation sites (N-methyl/N-ethyl adjacent to an activating group) is 1. The zero-order chi connectivity index (χ0) is 17.6. The van der Waals surface area contributed by atoms with Gasteiger partial charge in [-0.25, -0.2) is 4.68 Å². The average Bonchev–Trinajstić information content (AvgIpc) is 3.03. The maximum absolute atomic E-state index is 12.8. The van der Waals surface area contributed by atoms with E-state index < -0.39 is 0 Å². The normalized spacial score (nSPS) is 17.0. The van der Waals surface area contributed by atoms with Crippen LogP contribution in [0.25, 0.3) is 5.69 Å². The average molecular weight is 340 g/mol. The van der Waals surface area contributed by atoms with Gasteiger partial charge in [-0.15, -0.1) is 0 Å². The van der Waals surface area contributed by atoms with Crippen molar-refractivity contribution in [1.29, 1.82) is 0 Å². The fourth-order valence-corrected chi connectivity index (χ4v) is 3.48. The van der Waals surface area contributed by atoms with Gasteiger partial charge in [0.25, 0.3) is 0 Å². The molecule has 0 radical (unpaired) electrons. The quantitative estimate of drug-likeness (QED) is 0.840. The van der Waals surface area contributed by atoms with E-state index in [9.17, 15) is 4.79 Å². The Kier molecular flexibility index (Phi) is 5.87. The Labute approximate surface area is 150 Å². The van der Waals surface area contributed by atoms with Crippen LogP contribution in [0, 0.1) is 0 Å². The van der Waals surface area contributed by atoms with Gasteiger partial charge in [0.1, 0.15) is 0 Å². The second-order valence-electron chi connectivity index (χ2n) is 6.94. The third-order valence-corrected chi connectivity index (χ3v) is 5.05. The van der Waals surface area contributed by atoms with E-state index in [1.807, 2.05) is 47.9 Å². The Morgan fingerprint density at radius 3 is 2.44 bits per heavy atom. The number of aromatic nitrogens is 2. The van der Waals surface area contributed by atoms with Gasteiger partial charge in [-0.3, -0.25) is 9.69 Å². The molecule has 1 fully saturated rings. The molecule has 0 N–H and O–H groups in total. The third-order valence-electron chi connectivity index (χ3n) is 5.05. The monoisotopic (exact) mass is 340 g/mol. The van der Waals surface area contributed by atoms with Crippen molar-refractivity contribution in [1.82, 2.24) is 19.6 Å². The van der Waals surface area contributed by atoms with E-state index in [4.69, 9.17) is 0 Å². The van der Waals surface area contributed by atoms with Crippen molar-refractivity contribution in [3.8, 4) is 5.69 Å². The lowest BCUT2D eigenvalue weighted by atomic mass is 10.1. The fraction of sp³-hybridized carbons (Fsp3) is 0.500. The van der Waals surface area contributed by atoms with E-state index in [2.05, 4.69) is 22.1 Å². The van der Waals surface area contributed by atoms with Crippen LogP contribution in [0.2, 0.25) is 0 Å². The maximum Gasteiger partial charge on any atom is 0.239 e. The third kappa shape index (κ3) is 4.48. The molecular formula is C20H28N4O. The van der Waals surface area contributed by atoms with Crippen LogP contribution in [0.3, 0.4) is 0 Å². The molecule has 0 aliphatic carbocycles. The molecule has 0 bridgehead atoms. The standard InChI is InChI=1S/C20H28N4O/c1-17(23-13-5-3-4-6-14-23)20(25)22(2)16-18-8-10-19(11-9-18)24-15-7-12-21-24/h7-12,15,17H,3-6,13-14,16H2,1-2H3. The lowest BCUT2D eigenvalue weighted by Crippen LogP contribution is -2.45. The summed E-state index contributed by atoms with van der Waals surface area (Å²) >= 11 is 0. The van der Waals surface area contributed by atoms with Crippen LogP contribution in [0.5, 0.6) is 0 Å². The van der Waals surface area contributed by atoms with Gasteiger partial charge in [-0.2, -0.15) is 5.10 Å². The van der Waals surface area contributed by atoms with Gasteiger partial charge in [-0.1, -0.05) is 25.0 Å². The van der Waals surface area contributed by atoms with E-state index in [-0.39, 0.29) is 11.9 Å². The van der Waals surface area contributed by atoms with Crippen LogP contribution >= 0.6 is 0 Å². The van der Waals surface area contributed by atoms with E-state index in [0.717, 1.165) is 24.3 Å². The molecule has 0 saturated carbocycles. The van der Waals surface area contributed by atoms with Crippen molar-refractivity contribution in [2.75, 3.05) is 20.1 Å². The van der Waals surface area contributed by atoms with Gasteiger partial charge in [0.2, 0.25) is 5.91 Å². The van der Waals surface area contributed by atoms with Crippen molar-refractivity contribution >= 4 is 5.91 Å². The number of nitrogens with zero attached hydrogens (tertiary/aromatic N) is 4. The van der Waals surface area contributed by atoms with Crippen LogP contribution < -0.4 is 0 Å². The second kappa shape index (κ2) is 8.30. The summed E-state index contributed by atoms with van der Waals surface area (Å²) in [4.78, 5) is 17.0. The Morgan fingerprint density at radius 2 is 1.84 bits per heavy atom. The zero-order valence-corrected chi connectivity index (χ0v) is 15.3. The molecule has 5 nitrogen and oxygen atoms in total. The Bertz CT molecular complexity index is 658. The van der Waals surface area contributed by atoms with Crippen molar-refractivity contribution in [2.45, 2.75) is 45.2 Å². The van der Waals surface area contributed by atoms with Crippen LogP contribution in [0.1, 0.15) is 38.2 Å². The van der Waals surface area contributed by atoms with Crippen LogP contribution in [-0.2, 0) is 11.3 Å². The molecule has 25 heavy (non-hydrogen) atoms. The largest absolute Gasteiger partial charge is 0.340 e. The SMILES string of the molecule is CC(C(=O)N(C)Cc1ccc(-n2cccn2)cc1)N1CCCCCC1. The Morgan fingerprint density at radius 1 is 1.16 bits per heavy atom. The number of amides is 1. The molecule has 3 rings (SSSR count). The van der Waals surface area contributed by atoms with Gasteiger partial charge < -0.3 is 4.90 Å². The molecule has 1 atom stereocenters. The Balaban J connectivity index is 1.59. The number of benzene rings is 1. The van der Waals surface area contributed by atoms with Gasteiger partial charge >= 0.3 is 0 Å². The summed E-state index contributed by atoms with van der Waals surface area (Å²) in [5, 5.41) is 4.23. The highest BCUT2D eigenvalue weighted by Crippen LogP contribution is 2.15. The first-order valence-electron chi connectivity index (χ1n) is 9.23. The molecule has 134 valence electrons. The summed E-state index contributed by atoms with van der Waals surface area (Å²) in [7, 11) is 1.90. The molecule has 1 unspecified atom stereocenters. The maximum atomic E-state index is 12.8. The minimum Gasteiger partial charge on any atom is -0.340 e. The first-order chi connectivity index (χ1) is 12.1. The molecule has 1 amide bonds. The highest BCUT2D eigenvalue weighted by atomic mass is 16.2. The number of hydrogen-bond acceptors (Lipinski definition) is 3. The molecule has 0 spiro atoms. The number of likely N-dealkylation sites (tertiary alicyclic amines) is 1. The molecule has 1 aromatic heterocycles. The summed E-state index contributed by atoms with van der Waals surface area (Å²) in [6.45, 7) is 4.76. The molecular weight excluding hydrogens is 312 g/mol. The first kappa shape index (κ1) is 17.7. The predicted molar refractivity (Wildman–Crippen MR) is 99.5 cm³/mol. The zero-order valence-electron chi connectivity index (χ0n) is 15.3. The van der Waals surface area contributed by atoms with Gasteiger partial charge in [-0.05, 0) is 56.6 Å². The lowest BCUT2D eigenvalue weighted by Gasteiger charge is -2.30. The second-order valence-corrected chi connectivity index (χ2v) is 6.94. The number of carbonyl (C=O) groups is 1. The minimum absolute atomic E-state index is 0.0357. The van der Waals surface area contributed by atoms with E-state index in [1.54, 1.807) is 6.20 Å². The number of rotatable bonds is 5. The summed E-state index contributed by atoms with van der Waals surface area (Å²) in [6, 6.07) is 10.1. The first-order valence-corrected chi connectivity index (χ1v) is 9.23. The lowest BCUT2D eigenvalue weighted by molar-refractivity contribution is -0.135. The topological polar surface area (TPSA) is 41.4 Å². The van der Waals surface area contributed by atoms with Crippen molar-refractivity contribution in [3.63, 3.8) is 0 Å². The smallest absolute Gasteiger partial charge is 0.239 e. The number of carbonyl (C=O) groups excluding carboxylic acids is 1. The summed E-state index contributed by atoms with van der Waals surface area (Å²) in [5.74, 6) is 0.207. The molecule has 2 aromatic rings. The van der Waals surface area contributed by atoms with Gasteiger partial charge in [0.05, 0.1) is 11.7 Å². The summed E-state index contributed by atoms with van der Waals surface area (Å²) in [5.41, 5.74) is 2.16. The van der Waals surface area contributed by atoms with Gasteiger partial charge in [0, 0.05) is 26.0 Å². The summed E-state index contributed by atoms with van der Waals surface area (Å²) < 4.78 is 1.83. The molecule has 1 aliphatic heterocycles. The highest BCUT2D eigenvalue weighted by Gasteiger charge is 2.24. The summed E-state index contributed by atoms with van der Waals surface area (Å²) in [6.07, 6.45) is 8.68. The molecule has 1 aromatic carbocycles. The van der Waals surface area contributed by atoms with E-state index in [1.165, 1.54) is 25.7 Å². The van der Waals surface area contributed by atoms with Crippen LogP contribution in [0.4, 0.5) is 0 Å². The predicted octanol–water partition coefficient (Wildman–Crippen LogP) is 3.10. The van der Waals surface area contributed by atoms with Crippen molar-refractivity contribution in [2.24, 2.45) is 0 Å². The van der Waals surface area contributed by atoms with Crippen LogP contribution in [-0.4, -0.2) is 51.7 Å². The van der Waals surface area contributed by atoms with Gasteiger partial charge in [0.15, 0.2) is 0 Å². The highest BCUT2D eigenvalue weighted by molar-refractivity contribution is 5.81. The van der Waals surface area contributed by atoms with E-state index in [0.29, 0.717) is 6.54 Å². The van der Waals surface area contributed by atoms with E-state index >= 15 is 0 Å². The minimum atomic E-state index is -0.0357. The molecule has 2 heterocycles. The molecule has 5 heteroatoms. The van der Waals surface area contributed by atoms with Crippen molar-refractivity contribution < 1.29 is 4.79 Å². The number of hydrogen-bond donors (Lipinski definition) is 0. The van der Waals surface area contributed by atoms with Crippen molar-refractivity contribution in [3.05, 3.63) is 48.3 Å². The Hall–Kier alpha value is -2.14. The molecule has 1 aliphatic rings. The molecule has 1 saturated heterocycles.